The van der Waals surface area contributed by atoms with Gasteiger partial charge in [-0.05, 0) is 171 Å². The average molecular weight is 2030 g/mol. The second-order valence-electron chi connectivity index (χ2n) is 33.2. The van der Waals surface area contributed by atoms with Crippen LogP contribution in [0.3, 0.4) is 0 Å². The summed E-state index contributed by atoms with van der Waals surface area (Å²) in [6.07, 6.45) is 10.6. The van der Waals surface area contributed by atoms with Crippen LogP contribution in [0.4, 0.5) is 34.3 Å². The minimum absolute atomic E-state index is 0. The van der Waals surface area contributed by atoms with Crippen LogP contribution < -0.4 is 82.8 Å². The zero-order chi connectivity index (χ0) is 102. The number of primary amides is 2. The van der Waals surface area contributed by atoms with Crippen LogP contribution in [-0.4, -0.2) is 254 Å². The molecular formula is C89H129BClF3N18NaO22S3. The Morgan fingerprint density at radius 3 is 1.34 bits per heavy atom. The first kappa shape index (κ1) is 126. The molecule has 4 aliphatic rings. The Kier molecular flexibility index (Phi) is 58.6. The number of aliphatic carboxylic acids is 1. The van der Waals surface area contributed by atoms with Gasteiger partial charge in [0.15, 0.2) is 0 Å². The third kappa shape index (κ3) is 49.6. The molecule has 757 valence electrons. The fraction of sp³-hybridized carbons (Fsp3) is 0.528. The van der Waals surface area contributed by atoms with Gasteiger partial charge in [0.25, 0.3) is 11.9 Å². The molecule has 7 aromatic heterocycles. The van der Waals surface area contributed by atoms with E-state index in [0.717, 1.165) is 119 Å². The number of carboxylic acid groups (broad SMARTS) is 1. The summed E-state index contributed by atoms with van der Waals surface area (Å²) in [4.78, 5) is 134. The first-order valence-electron chi connectivity index (χ1n) is 43.3. The summed E-state index contributed by atoms with van der Waals surface area (Å²) < 4.78 is 77.6. The van der Waals surface area contributed by atoms with Crippen LogP contribution in [0.1, 0.15) is 234 Å². The minimum atomic E-state index is -5.91. The number of ether oxygens (including phenoxy) is 2. The molecule has 17 N–H and O–H groups in total. The normalized spacial score (nSPS) is 14.7. The number of likely N-dealkylation sites (tertiary alicyclic amines) is 2. The van der Waals surface area contributed by atoms with Crippen LogP contribution >= 0.6 is 35.5 Å². The van der Waals surface area contributed by atoms with Crippen molar-refractivity contribution in [1.82, 2.24) is 61.0 Å². The Morgan fingerprint density at radius 1 is 0.623 bits per heavy atom. The quantitative estimate of drug-likeness (QED) is 0.00863. The molecular weight excluding hydrogens is 1900 g/mol. The number of thioether (sulfide) groups is 1. The first-order valence-corrected chi connectivity index (χ1v) is 46.5. The number of aromatic nitrogens is 6. The van der Waals surface area contributed by atoms with Crippen molar-refractivity contribution in [3.8, 4) is 11.9 Å². The number of nitrogen functional groups attached to an aromatic ring is 1. The Morgan fingerprint density at radius 2 is 1.01 bits per heavy atom. The summed E-state index contributed by atoms with van der Waals surface area (Å²) >= 11 is 1.96. The zero-order valence-corrected chi connectivity index (χ0v) is 85.5. The number of carboxylic acids is 1. The second-order valence-corrected chi connectivity index (χ2v) is 36.7. The predicted molar refractivity (Wildman–Crippen MR) is 511 cm³/mol. The summed E-state index contributed by atoms with van der Waals surface area (Å²) in [7, 11) is -1.59. The molecule has 4 saturated heterocycles. The van der Waals surface area contributed by atoms with E-state index >= 15 is 0 Å². The maximum Gasteiger partial charge on any atom is 1.00 e. The van der Waals surface area contributed by atoms with Crippen molar-refractivity contribution in [2.45, 2.75) is 224 Å². The number of carbonyl (C=O) groups is 9. The zero-order valence-electron chi connectivity index (χ0n) is 80.2. The number of anilines is 2. The summed E-state index contributed by atoms with van der Waals surface area (Å²) in [5, 5.41) is 70.4. The molecule has 11 heterocycles. The van der Waals surface area contributed by atoms with Gasteiger partial charge < -0.3 is 111 Å². The number of Topliss-reactive ketones (excluding diaryl/α,β-unsaturated/α-hetero) is 1. The number of pyridine rings is 6. The largest absolute Gasteiger partial charge is 1.00 e. The van der Waals surface area contributed by atoms with Crippen LogP contribution in [0.5, 0.6) is 5.88 Å². The van der Waals surface area contributed by atoms with Crippen molar-refractivity contribution in [3.05, 3.63) is 154 Å². The number of halogens is 4. The number of nitrogens with two attached hydrogens (primary N) is 4. The number of thiophene rings is 1. The number of nitriles is 1. The van der Waals surface area contributed by atoms with Crippen LogP contribution in [0.15, 0.2) is 115 Å². The second kappa shape index (κ2) is 64.2. The Hall–Kier alpha value is -10.1. The summed E-state index contributed by atoms with van der Waals surface area (Å²) in [6.45, 7) is 31.2. The summed E-state index contributed by atoms with van der Waals surface area (Å²) in [5.41, 5.74) is 19.9. The molecule has 138 heavy (non-hydrogen) atoms. The van der Waals surface area contributed by atoms with Crippen molar-refractivity contribution in [2.75, 3.05) is 94.9 Å². The predicted octanol–water partition coefficient (Wildman–Crippen LogP) is 6.07. The molecule has 11 rings (SSSR count). The molecule has 0 saturated carbocycles. The fourth-order valence-electron chi connectivity index (χ4n) is 12.3. The van der Waals surface area contributed by atoms with Crippen LogP contribution in [0, 0.1) is 11.3 Å². The van der Waals surface area contributed by atoms with Gasteiger partial charge in [-0.25, -0.2) is 38.9 Å². The number of carbonyl (C=O) groups excluding carboxylic acids is 8. The van der Waals surface area contributed by atoms with Gasteiger partial charge in [-0.15, -0.1) is 23.7 Å². The number of ketones is 1. The molecule has 4 fully saturated rings. The average Bonchev–Trinajstić information content (AvgIpc) is 1.59. The minimum Gasteiger partial charge on any atom is -0.793 e. The van der Waals surface area contributed by atoms with Crippen molar-refractivity contribution in [2.24, 2.45) is 17.2 Å². The molecule has 40 nitrogen and oxygen atoms in total. The third-order valence-corrected chi connectivity index (χ3v) is 22.0. The Balaban J connectivity index is 0.000000818. The molecule has 4 unspecified atom stereocenters. The van der Waals surface area contributed by atoms with Crippen LogP contribution in [0.25, 0.3) is 10.2 Å². The van der Waals surface area contributed by atoms with E-state index in [9.17, 15) is 80.5 Å². The summed E-state index contributed by atoms with van der Waals surface area (Å²) in [6, 6.07) is 28.1. The van der Waals surface area contributed by atoms with Crippen molar-refractivity contribution in [1.29, 1.82) is 5.26 Å². The van der Waals surface area contributed by atoms with Gasteiger partial charge in [-0.3, -0.25) is 43.9 Å². The molecule has 49 heteroatoms. The molecule has 3 radical (unpaired) electrons. The monoisotopic (exact) mass is 2020 g/mol. The number of fused-ring (bicyclic) bond motifs is 1. The summed E-state index contributed by atoms with van der Waals surface area (Å²) in [5.74, 6) is -3.94. The van der Waals surface area contributed by atoms with Gasteiger partial charge in [-0.2, -0.15) is 26.9 Å². The van der Waals surface area contributed by atoms with E-state index in [1.807, 2.05) is 108 Å². The van der Waals surface area contributed by atoms with Crippen molar-refractivity contribution >= 4 is 129 Å². The number of amides is 4. The molecule has 4 amide bonds. The van der Waals surface area contributed by atoms with Gasteiger partial charge in [0, 0.05) is 160 Å². The molecule has 0 bridgehead atoms. The number of aliphatic hydroxyl groups is 4. The van der Waals surface area contributed by atoms with Crippen LogP contribution in [0.2, 0.25) is 0 Å². The maximum absolute atomic E-state index is 12.4. The molecule has 4 aliphatic heterocycles. The SMILES string of the molecule is CC(=O)O.CC(=O)OOC(C)=O.CC(C)(C)OC(=O)N1CCC(=O)CC1.CC(C)(C)OC(=O)N1CCC(NCC(O)c2ccccn2)CC1.CC(C)c1cc(N2CCC(NCC(O)c3ccccn3)CC2)nc2sc(C(N)=O)c(N)c12.CC(C)c1cc(OS(=O)(=O)C(F)(F)F)nc(SCC(N)=O)c1C#N.Cl.NCC(O)c1ccccn1.OC(CNC1CCNCC1)c1ccccn1.[B-]OC(C)=O.[Na+]. The number of piperidine rings is 4. The Labute approximate surface area is 840 Å². The number of nitrogens with zero attached hydrogens (tertiary/aromatic N) is 10. The number of alkyl halides is 3. The van der Waals surface area contributed by atoms with Crippen molar-refractivity contribution in [3.63, 3.8) is 0 Å². The van der Waals surface area contributed by atoms with E-state index in [0.29, 0.717) is 116 Å². The molecule has 7 aromatic rings. The smallest absolute Gasteiger partial charge is 0.793 e. The Bertz CT molecular complexity index is 5000. The molecule has 0 aromatic carbocycles. The van der Waals surface area contributed by atoms with E-state index in [2.05, 4.69) is 97.7 Å². The van der Waals surface area contributed by atoms with Gasteiger partial charge in [0.2, 0.25) is 17.8 Å². The van der Waals surface area contributed by atoms with Gasteiger partial charge >= 0.3 is 69.3 Å². The number of rotatable bonds is 23. The van der Waals surface area contributed by atoms with Gasteiger partial charge in [0.05, 0.1) is 39.8 Å². The van der Waals surface area contributed by atoms with E-state index in [4.69, 9.17) is 52.4 Å². The number of aliphatic hydroxyl groups excluding tert-OH is 4. The number of nitrogens with one attached hydrogen (secondary N) is 4. The van der Waals surface area contributed by atoms with E-state index in [1.165, 1.54) is 18.3 Å². The van der Waals surface area contributed by atoms with Gasteiger partial charge in [-0.1, -0.05) is 63.7 Å². The third-order valence-electron chi connectivity index (χ3n) is 19.0. The molecule has 0 spiro atoms. The molecule has 0 aliphatic carbocycles. The standard InChI is InChI=1S/C23H30N6O2S.C17H27N3O3.C12H12F3N3O4S2.C12H19N3O.C10H17NO3.C7H10N2O.C4H6O4.C2H3BO2.C2H4O2.ClH.Na/c1-13(2)15-11-18(28-23-19(15)20(24)21(32-23)22(25)31)29-9-6-14(7-10-29)27-12-17(30)16-5-3-4-8-26-16;1-17(2,3)23-16(22)20-10-7-13(8-11-20)19-12-15(21)14-6-4-5-9-18-14;1-6(2)7-3-10(22-24(20,21)12(13,14)15)18-11(8(7)4-16)23-5-9(17)19;16-12(11-3-1-2-6-14-11)9-15-10-4-7-13-8-5-10;1-10(2,3)14-9(13)11-6-4-8(12)5-7-11;8-5-7(10)6-3-1-2-4-9-6;1-3(5)7-8-4(2)6;1-2(4)5-3;1-2(3)4;;/h3-5,8,11,13-14,17,27,30H,6-7,9-10,12,24H2,1-2H3,(H2,25,31);4-6,9,13,15,19,21H,7-8,10-12H2,1-3H3;3,6H,5H2,1-2H3,(H2,17,19);1-3,6,10,12-13,15-16H,4-5,7-9H2;4-7H2,1-3H3;1-4,7,10H,5,8H2;1-2H3;1H3;1H3,(H,3,4);1H;/q;;;;;;;-1;;;+1. The van der Waals surface area contributed by atoms with Crippen LogP contribution in [-0.2, 0) is 62.8 Å². The van der Waals surface area contributed by atoms with Crippen molar-refractivity contribution < 1.29 is 148 Å². The molecule has 4 atom stereocenters. The first-order chi connectivity index (χ1) is 63.8. The topological polar surface area (TPSA) is 607 Å². The number of hydrogen-bond acceptors (Lipinski definition) is 37. The van der Waals surface area contributed by atoms with Gasteiger partial charge in [0.1, 0.15) is 68.0 Å². The maximum atomic E-state index is 12.4. The van der Waals surface area contributed by atoms with E-state index in [-0.39, 0.29) is 100 Å². The van der Waals surface area contributed by atoms with E-state index < -0.39 is 92.8 Å². The number of hydrogen-bond donors (Lipinski definition) is 13. The van der Waals surface area contributed by atoms with E-state index in [1.54, 1.807) is 60.6 Å². The fourth-order valence-corrected chi connectivity index (χ4v) is 14.5.